The molecule has 0 unspecified atom stereocenters. The molecule has 3 aromatic rings. The van der Waals surface area contributed by atoms with Crippen molar-refractivity contribution in [1.29, 1.82) is 0 Å². The largest absolute Gasteiger partial charge is 0.480 e. The molecular weight excluding hydrogens is 290 g/mol. The van der Waals surface area contributed by atoms with Crippen LogP contribution in [-0.4, -0.2) is 34.2 Å². The second kappa shape index (κ2) is 4.33. The molecule has 0 atom stereocenters. The number of carboxylic acid groups (broad SMARTS) is 1. The molecule has 3 heterocycles. The van der Waals surface area contributed by atoms with Crippen molar-refractivity contribution in [3.05, 3.63) is 32.2 Å². The molecule has 0 amide bonds. The Labute approximate surface area is 123 Å². The number of nitrogens with zero attached hydrogens (tertiary/aromatic N) is 5. The first-order chi connectivity index (χ1) is 10.3. The number of carbonyl (C=O) groups is 1. The Balaban J connectivity index is 2.61. The van der Waals surface area contributed by atoms with Crippen LogP contribution in [0.1, 0.15) is 11.4 Å². The van der Waals surface area contributed by atoms with E-state index in [1.165, 1.54) is 11.6 Å². The van der Waals surface area contributed by atoms with Gasteiger partial charge < -0.3 is 9.67 Å². The fourth-order valence-corrected chi connectivity index (χ4v) is 2.68. The molecule has 0 saturated carbocycles. The van der Waals surface area contributed by atoms with Crippen molar-refractivity contribution in [3.8, 4) is 0 Å². The van der Waals surface area contributed by atoms with Gasteiger partial charge in [-0.05, 0) is 13.8 Å². The van der Waals surface area contributed by atoms with E-state index in [1.54, 1.807) is 4.40 Å². The van der Waals surface area contributed by atoms with Crippen LogP contribution in [0, 0.1) is 13.8 Å². The average Bonchev–Trinajstić information content (AvgIpc) is 2.95. The molecule has 0 aromatic carbocycles. The fraction of sp³-hybridized carbons (Fsp3) is 0.385. The van der Waals surface area contributed by atoms with Gasteiger partial charge in [0, 0.05) is 25.5 Å². The van der Waals surface area contributed by atoms with E-state index < -0.39 is 23.8 Å². The van der Waals surface area contributed by atoms with Crippen molar-refractivity contribution in [2.45, 2.75) is 20.4 Å². The summed E-state index contributed by atoms with van der Waals surface area (Å²) in [4.78, 5) is 40.1. The Hall–Kier alpha value is -2.84. The first-order valence-electron chi connectivity index (χ1n) is 6.61. The third kappa shape index (κ3) is 1.59. The topological polar surface area (TPSA) is 104 Å². The van der Waals surface area contributed by atoms with Crippen LogP contribution in [0.2, 0.25) is 0 Å². The number of aliphatic carboxylic acids is 1. The highest BCUT2D eigenvalue weighted by Crippen LogP contribution is 2.18. The number of aromatic nitrogens is 5. The zero-order chi connectivity index (χ0) is 16.3. The minimum absolute atomic E-state index is 0.208. The summed E-state index contributed by atoms with van der Waals surface area (Å²) in [6.45, 7) is 3.06. The Morgan fingerprint density at radius 3 is 2.36 bits per heavy atom. The highest BCUT2D eigenvalue weighted by molar-refractivity contribution is 5.77. The molecule has 9 nitrogen and oxygen atoms in total. The van der Waals surface area contributed by atoms with E-state index in [9.17, 15) is 14.4 Å². The summed E-state index contributed by atoms with van der Waals surface area (Å²) in [5, 5.41) is 8.91. The summed E-state index contributed by atoms with van der Waals surface area (Å²) in [5.74, 6) is -0.717. The normalized spacial score (nSPS) is 11.6. The molecular formula is C13H15N5O4. The summed E-state index contributed by atoms with van der Waals surface area (Å²) in [7, 11) is 3.29. The van der Waals surface area contributed by atoms with E-state index in [4.69, 9.17) is 5.11 Å². The number of aryl methyl sites for hydroxylation is 3. The molecule has 0 aliphatic rings. The average molecular weight is 305 g/mol. The number of hydrogen-bond acceptors (Lipinski definition) is 4. The number of rotatable bonds is 2. The highest BCUT2D eigenvalue weighted by Gasteiger charge is 2.22. The predicted octanol–water partition coefficient (Wildman–Crippen LogP) is -0.612. The van der Waals surface area contributed by atoms with E-state index in [2.05, 4.69) is 4.98 Å². The molecule has 0 fully saturated rings. The van der Waals surface area contributed by atoms with E-state index in [0.29, 0.717) is 10.3 Å². The van der Waals surface area contributed by atoms with Crippen molar-refractivity contribution in [2.75, 3.05) is 0 Å². The van der Waals surface area contributed by atoms with Crippen LogP contribution in [-0.2, 0) is 25.4 Å². The van der Waals surface area contributed by atoms with Gasteiger partial charge in [0.1, 0.15) is 6.54 Å². The minimum Gasteiger partial charge on any atom is -0.480 e. The first-order valence-corrected chi connectivity index (χ1v) is 6.61. The lowest BCUT2D eigenvalue weighted by atomic mass is 10.3. The molecule has 3 aromatic heterocycles. The molecule has 0 saturated heterocycles. The highest BCUT2D eigenvalue weighted by atomic mass is 16.4. The maximum atomic E-state index is 12.6. The maximum absolute atomic E-state index is 12.6. The lowest BCUT2D eigenvalue weighted by molar-refractivity contribution is -0.137. The van der Waals surface area contributed by atoms with E-state index in [-0.39, 0.29) is 11.2 Å². The van der Waals surface area contributed by atoms with E-state index in [0.717, 1.165) is 11.4 Å². The van der Waals surface area contributed by atoms with Crippen molar-refractivity contribution >= 4 is 22.9 Å². The van der Waals surface area contributed by atoms with Gasteiger partial charge in [-0.15, -0.1) is 0 Å². The van der Waals surface area contributed by atoms with Crippen LogP contribution in [0.25, 0.3) is 16.9 Å². The van der Waals surface area contributed by atoms with E-state index in [1.807, 2.05) is 25.5 Å². The van der Waals surface area contributed by atoms with E-state index >= 15 is 0 Å². The molecule has 9 heteroatoms. The molecule has 116 valence electrons. The van der Waals surface area contributed by atoms with Gasteiger partial charge in [0.15, 0.2) is 11.2 Å². The summed E-state index contributed by atoms with van der Waals surface area (Å²) in [6.07, 6.45) is 0. The van der Waals surface area contributed by atoms with Gasteiger partial charge in [0.2, 0.25) is 5.78 Å². The predicted molar refractivity (Wildman–Crippen MR) is 78.3 cm³/mol. The van der Waals surface area contributed by atoms with Crippen LogP contribution in [0.3, 0.4) is 0 Å². The molecule has 1 N–H and O–H groups in total. The van der Waals surface area contributed by atoms with Crippen molar-refractivity contribution in [3.63, 3.8) is 0 Å². The second-order valence-electron chi connectivity index (χ2n) is 5.28. The lowest BCUT2D eigenvalue weighted by Crippen LogP contribution is -2.41. The Bertz CT molecular complexity index is 1060. The van der Waals surface area contributed by atoms with Gasteiger partial charge >= 0.3 is 11.7 Å². The third-order valence-corrected chi connectivity index (χ3v) is 4.08. The molecule has 0 spiro atoms. The van der Waals surface area contributed by atoms with Crippen molar-refractivity contribution in [2.24, 2.45) is 14.1 Å². The molecule has 3 rings (SSSR count). The van der Waals surface area contributed by atoms with Crippen LogP contribution >= 0.6 is 0 Å². The van der Waals surface area contributed by atoms with Gasteiger partial charge in [-0.1, -0.05) is 0 Å². The quantitative estimate of drug-likeness (QED) is 0.680. The maximum Gasteiger partial charge on any atom is 0.333 e. The zero-order valence-electron chi connectivity index (χ0n) is 12.6. The molecule has 0 aliphatic heterocycles. The Morgan fingerprint density at radius 2 is 1.77 bits per heavy atom. The third-order valence-electron chi connectivity index (χ3n) is 4.08. The van der Waals surface area contributed by atoms with Crippen molar-refractivity contribution < 1.29 is 9.90 Å². The summed E-state index contributed by atoms with van der Waals surface area (Å²) < 4.78 is 5.38. The number of imidazole rings is 2. The standard InChI is InChI=1S/C13H15N5O4/c1-6-7(2)18-9-10(14-12(18)15(6)3)16(4)13(22)17(11(9)21)5-8(19)20/h5H2,1-4H3,(H,19,20). The number of hydrogen-bond donors (Lipinski definition) is 1. The Morgan fingerprint density at radius 1 is 1.14 bits per heavy atom. The molecule has 0 radical (unpaired) electrons. The smallest absolute Gasteiger partial charge is 0.333 e. The SMILES string of the molecule is Cc1c(C)n2c3c(=O)n(CC(=O)O)c(=O)n(C)c3nc2n1C. The molecule has 22 heavy (non-hydrogen) atoms. The monoisotopic (exact) mass is 305 g/mol. The minimum atomic E-state index is -1.25. The van der Waals surface area contributed by atoms with Gasteiger partial charge in [0.05, 0.1) is 0 Å². The van der Waals surface area contributed by atoms with Crippen LogP contribution in [0.15, 0.2) is 9.59 Å². The van der Waals surface area contributed by atoms with Gasteiger partial charge in [0.25, 0.3) is 5.56 Å². The van der Waals surface area contributed by atoms with Crippen molar-refractivity contribution in [1.82, 2.24) is 23.1 Å². The van der Waals surface area contributed by atoms with Crippen LogP contribution in [0.4, 0.5) is 0 Å². The van der Waals surface area contributed by atoms with Crippen LogP contribution in [0.5, 0.6) is 0 Å². The first kappa shape index (κ1) is 14.1. The van der Waals surface area contributed by atoms with Gasteiger partial charge in [-0.25, -0.2) is 9.36 Å². The fourth-order valence-electron chi connectivity index (χ4n) is 2.68. The lowest BCUT2D eigenvalue weighted by Gasteiger charge is -2.06. The van der Waals surface area contributed by atoms with Gasteiger partial charge in [-0.2, -0.15) is 4.98 Å². The number of fused-ring (bicyclic) bond motifs is 3. The molecule has 0 aliphatic carbocycles. The second-order valence-corrected chi connectivity index (χ2v) is 5.28. The molecule has 0 bridgehead atoms. The summed E-state index contributed by atoms with van der Waals surface area (Å²) in [5.41, 5.74) is 0.851. The number of carboxylic acids is 1. The van der Waals surface area contributed by atoms with Crippen LogP contribution < -0.4 is 11.2 Å². The summed E-state index contributed by atoms with van der Waals surface area (Å²) >= 11 is 0. The Kier molecular flexibility index (Phi) is 2.77. The summed E-state index contributed by atoms with van der Waals surface area (Å²) in [6, 6.07) is 0. The zero-order valence-corrected chi connectivity index (χ0v) is 12.6. The van der Waals surface area contributed by atoms with Gasteiger partial charge in [-0.3, -0.25) is 18.6 Å².